The molecule has 0 saturated carbocycles. The van der Waals surface area contributed by atoms with Crippen molar-refractivity contribution in [1.29, 1.82) is 0 Å². The van der Waals surface area contributed by atoms with Crippen LogP contribution in [0.25, 0.3) is 32.9 Å². The molecule has 0 spiro atoms. The summed E-state index contributed by atoms with van der Waals surface area (Å²) in [6, 6.07) is 15.1. The molecule has 6 N–H and O–H groups in total. The van der Waals surface area contributed by atoms with Crippen LogP contribution in [0.2, 0.25) is 0 Å². The summed E-state index contributed by atoms with van der Waals surface area (Å²) in [7, 11) is 0. The van der Waals surface area contributed by atoms with Crippen molar-refractivity contribution in [1.82, 2.24) is 9.97 Å². The number of fused-ring (bicyclic) bond motifs is 2. The third-order valence-corrected chi connectivity index (χ3v) is 3.80. The monoisotopic (exact) mass is 290 g/mol. The molecule has 0 aliphatic heterocycles. The molecule has 4 aromatic rings. The Balaban J connectivity index is 2.16. The Hall–Kier alpha value is -3.21. The average molecular weight is 290 g/mol. The number of nitrogen functional groups attached to an aromatic ring is 2. The molecule has 0 fully saturated rings. The first-order chi connectivity index (χ1) is 10.6. The zero-order valence-corrected chi connectivity index (χ0v) is 11.7. The zero-order chi connectivity index (χ0) is 15.3. The van der Waals surface area contributed by atoms with Crippen LogP contribution in [0.3, 0.4) is 0 Å². The lowest BCUT2D eigenvalue weighted by molar-refractivity contribution is 0.460. The van der Waals surface area contributed by atoms with Gasteiger partial charge in [0.1, 0.15) is 5.82 Å². The van der Waals surface area contributed by atoms with Gasteiger partial charge in [0, 0.05) is 22.0 Å². The van der Waals surface area contributed by atoms with Gasteiger partial charge >= 0.3 is 0 Å². The van der Waals surface area contributed by atoms with Crippen LogP contribution in [-0.4, -0.2) is 15.1 Å². The smallest absolute Gasteiger partial charge is 0.199 e. The Morgan fingerprint density at radius 2 is 1.77 bits per heavy atom. The van der Waals surface area contributed by atoms with Gasteiger partial charge < -0.3 is 21.6 Å². The Morgan fingerprint density at radius 1 is 0.955 bits per heavy atom. The number of nitrogens with zero attached hydrogens (tertiary/aromatic N) is 1. The first-order valence-corrected chi connectivity index (χ1v) is 6.89. The second kappa shape index (κ2) is 4.39. The molecule has 0 unspecified atom stereocenters. The maximum atomic E-state index is 10.4. The Bertz CT molecular complexity index is 1020. The van der Waals surface area contributed by atoms with Crippen LogP contribution in [0.4, 0.5) is 11.5 Å². The standard InChI is InChI=1S/C17H14N4O/c18-10-5-6-13-12(8-10)15(17(22)20-13)16-11-4-2-1-3-9(11)7-14(19)21-16/h1-8,20,22H,18H2,(H2,19,21). The molecular formula is C17H14N4O. The van der Waals surface area contributed by atoms with Gasteiger partial charge in [0.2, 0.25) is 0 Å². The predicted octanol–water partition coefficient (Wildman–Crippen LogP) is 3.25. The largest absolute Gasteiger partial charge is 0.494 e. The quantitative estimate of drug-likeness (QED) is 0.404. The maximum absolute atomic E-state index is 10.4. The number of aromatic amines is 1. The van der Waals surface area contributed by atoms with Crippen LogP contribution in [-0.2, 0) is 0 Å². The number of aromatic nitrogens is 2. The highest BCUT2D eigenvalue weighted by Crippen LogP contribution is 2.40. The number of rotatable bonds is 1. The molecule has 0 bridgehead atoms. The summed E-state index contributed by atoms with van der Waals surface area (Å²) in [6.07, 6.45) is 0. The number of nitrogens with two attached hydrogens (primary N) is 2. The van der Waals surface area contributed by atoms with E-state index in [-0.39, 0.29) is 5.88 Å². The number of nitrogens with one attached hydrogen (secondary N) is 1. The average Bonchev–Trinajstić information content (AvgIpc) is 2.81. The van der Waals surface area contributed by atoms with Gasteiger partial charge in [-0.3, -0.25) is 0 Å². The van der Waals surface area contributed by atoms with Crippen LogP contribution in [0, 0.1) is 0 Å². The second-order valence-electron chi connectivity index (χ2n) is 5.27. The summed E-state index contributed by atoms with van der Waals surface area (Å²) >= 11 is 0. The summed E-state index contributed by atoms with van der Waals surface area (Å²) in [5.41, 5.74) is 14.5. The topological polar surface area (TPSA) is 101 Å². The van der Waals surface area contributed by atoms with Crippen LogP contribution in [0.15, 0.2) is 48.5 Å². The zero-order valence-electron chi connectivity index (χ0n) is 11.7. The van der Waals surface area contributed by atoms with E-state index in [1.807, 2.05) is 42.5 Å². The lowest BCUT2D eigenvalue weighted by atomic mass is 10.0. The molecule has 5 heteroatoms. The molecule has 0 aliphatic rings. The Labute approximate surface area is 126 Å². The van der Waals surface area contributed by atoms with Gasteiger partial charge in [-0.1, -0.05) is 24.3 Å². The highest BCUT2D eigenvalue weighted by Gasteiger charge is 2.17. The number of benzene rings is 2. The summed E-state index contributed by atoms with van der Waals surface area (Å²) in [6.45, 7) is 0. The van der Waals surface area contributed by atoms with Crippen LogP contribution >= 0.6 is 0 Å². The molecule has 2 heterocycles. The molecule has 2 aromatic carbocycles. The van der Waals surface area contributed by atoms with Crippen molar-refractivity contribution in [3.05, 3.63) is 48.5 Å². The lowest BCUT2D eigenvalue weighted by Gasteiger charge is -2.07. The summed E-state index contributed by atoms with van der Waals surface area (Å²) in [4.78, 5) is 7.40. The number of anilines is 2. The van der Waals surface area contributed by atoms with E-state index in [1.54, 1.807) is 6.07 Å². The van der Waals surface area contributed by atoms with Gasteiger partial charge in [-0.2, -0.15) is 0 Å². The minimum absolute atomic E-state index is 0.0591. The molecule has 108 valence electrons. The van der Waals surface area contributed by atoms with E-state index in [0.29, 0.717) is 22.8 Å². The van der Waals surface area contributed by atoms with Crippen molar-refractivity contribution in [3.63, 3.8) is 0 Å². The normalized spacial score (nSPS) is 11.3. The minimum atomic E-state index is 0.0591. The Kier molecular flexibility index (Phi) is 2.50. The van der Waals surface area contributed by atoms with Crippen molar-refractivity contribution >= 4 is 33.2 Å². The molecule has 0 amide bonds. The number of aromatic hydroxyl groups is 1. The van der Waals surface area contributed by atoms with E-state index in [2.05, 4.69) is 9.97 Å². The molecule has 2 aromatic heterocycles. The number of pyridine rings is 1. The van der Waals surface area contributed by atoms with E-state index in [4.69, 9.17) is 11.5 Å². The number of hydrogen-bond donors (Lipinski definition) is 4. The third kappa shape index (κ3) is 1.76. The summed E-state index contributed by atoms with van der Waals surface area (Å²) in [5, 5.41) is 13.1. The van der Waals surface area contributed by atoms with Crippen molar-refractivity contribution < 1.29 is 5.11 Å². The van der Waals surface area contributed by atoms with Crippen LogP contribution < -0.4 is 11.5 Å². The fraction of sp³-hybridized carbons (Fsp3) is 0. The van der Waals surface area contributed by atoms with Crippen LogP contribution in [0.1, 0.15) is 0 Å². The van der Waals surface area contributed by atoms with E-state index < -0.39 is 0 Å². The fourth-order valence-electron chi connectivity index (χ4n) is 2.85. The second-order valence-corrected chi connectivity index (χ2v) is 5.27. The van der Waals surface area contributed by atoms with Crippen molar-refractivity contribution in [3.8, 4) is 17.1 Å². The molecule has 0 radical (unpaired) electrons. The highest BCUT2D eigenvalue weighted by molar-refractivity contribution is 6.07. The summed E-state index contributed by atoms with van der Waals surface area (Å²) < 4.78 is 0. The van der Waals surface area contributed by atoms with E-state index >= 15 is 0 Å². The molecule has 0 aliphatic carbocycles. The Morgan fingerprint density at radius 3 is 2.64 bits per heavy atom. The van der Waals surface area contributed by atoms with Gasteiger partial charge in [-0.25, -0.2) is 4.98 Å². The van der Waals surface area contributed by atoms with Crippen molar-refractivity contribution in [2.75, 3.05) is 11.5 Å². The van der Waals surface area contributed by atoms with Gasteiger partial charge in [0.15, 0.2) is 5.88 Å². The summed E-state index contributed by atoms with van der Waals surface area (Å²) in [5.74, 6) is 0.468. The molecule has 4 rings (SSSR count). The molecule has 0 saturated heterocycles. The van der Waals surface area contributed by atoms with Gasteiger partial charge in [0.05, 0.1) is 11.3 Å². The maximum Gasteiger partial charge on any atom is 0.199 e. The van der Waals surface area contributed by atoms with E-state index in [9.17, 15) is 5.11 Å². The number of hydrogen-bond acceptors (Lipinski definition) is 4. The van der Waals surface area contributed by atoms with E-state index in [1.165, 1.54) is 0 Å². The molecular weight excluding hydrogens is 276 g/mol. The minimum Gasteiger partial charge on any atom is -0.494 e. The molecule has 0 atom stereocenters. The van der Waals surface area contributed by atoms with Crippen molar-refractivity contribution in [2.45, 2.75) is 0 Å². The predicted molar refractivity (Wildman–Crippen MR) is 89.5 cm³/mol. The van der Waals surface area contributed by atoms with Gasteiger partial charge in [-0.05, 0) is 29.7 Å². The van der Waals surface area contributed by atoms with Gasteiger partial charge in [0.25, 0.3) is 0 Å². The third-order valence-electron chi connectivity index (χ3n) is 3.80. The van der Waals surface area contributed by atoms with Crippen LogP contribution in [0.5, 0.6) is 5.88 Å². The first-order valence-electron chi connectivity index (χ1n) is 6.89. The van der Waals surface area contributed by atoms with E-state index in [0.717, 1.165) is 21.7 Å². The SMILES string of the molecule is Nc1ccc2[nH]c(O)c(-c3nc(N)cc4ccccc34)c2c1. The highest BCUT2D eigenvalue weighted by atomic mass is 16.3. The first kappa shape index (κ1) is 12.5. The lowest BCUT2D eigenvalue weighted by Crippen LogP contribution is -1.94. The fourth-order valence-corrected chi connectivity index (χ4v) is 2.85. The van der Waals surface area contributed by atoms with Gasteiger partial charge in [-0.15, -0.1) is 0 Å². The molecule has 5 nitrogen and oxygen atoms in total. The molecule has 22 heavy (non-hydrogen) atoms. The number of H-pyrrole nitrogens is 1. The van der Waals surface area contributed by atoms with Crippen molar-refractivity contribution in [2.24, 2.45) is 0 Å².